The van der Waals surface area contributed by atoms with Gasteiger partial charge in [0.05, 0.1) is 18.7 Å². The number of hydrogen-bond acceptors (Lipinski definition) is 5. The molecule has 1 aromatic heterocycles. The third-order valence-electron chi connectivity index (χ3n) is 4.52. The molecule has 1 aliphatic heterocycles. The zero-order valence-corrected chi connectivity index (χ0v) is 15.4. The Morgan fingerprint density at radius 1 is 1.32 bits per heavy atom. The first-order valence-corrected chi connectivity index (χ1v) is 8.95. The second kappa shape index (κ2) is 8.69. The van der Waals surface area contributed by atoms with Crippen molar-refractivity contribution in [3.05, 3.63) is 59.8 Å². The van der Waals surface area contributed by atoms with E-state index in [1.165, 1.54) is 30.2 Å². The summed E-state index contributed by atoms with van der Waals surface area (Å²) in [4.78, 5) is 38.1. The summed E-state index contributed by atoms with van der Waals surface area (Å²) < 4.78 is 23.3. The van der Waals surface area contributed by atoms with E-state index in [1.807, 2.05) is 0 Å². The minimum Gasteiger partial charge on any atom is -0.467 e. The molecule has 2 heterocycles. The molecule has 1 aromatic carbocycles. The number of amides is 2. The van der Waals surface area contributed by atoms with Gasteiger partial charge in [-0.3, -0.25) is 14.4 Å². The van der Waals surface area contributed by atoms with E-state index in [9.17, 15) is 18.8 Å². The van der Waals surface area contributed by atoms with E-state index in [4.69, 9.17) is 9.15 Å². The molecule has 0 unspecified atom stereocenters. The first kappa shape index (κ1) is 19.6. The first-order chi connectivity index (χ1) is 13.4. The number of furan rings is 1. The van der Waals surface area contributed by atoms with Crippen LogP contribution in [0.25, 0.3) is 0 Å². The van der Waals surface area contributed by atoms with E-state index in [2.05, 4.69) is 5.32 Å². The van der Waals surface area contributed by atoms with Crippen LogP contribution in [0.5, 0.6) is 0 Å². The predicted molar refractivity (Wildman–Crippen MR) is 96.0 cm³/mol. The summed E-state index contributed by atoms with van der Waals surface area (Å²) in [7, 11) is 0. The maximum Gasteiger partial charge on any atom is 0.312 e. The molecule has 1 N–H and O–H groups in total. The number of halogens is 1. The van der Waals surface area contributed by atoms with Crippen LogP contribution in [0.2, 0.25) is 0 Å². The lowest BCUT2D eigenvalue weighted by atomic mass is 10.1. The highest BCUT2D eigenvalue weighted by atomic mass is 19.1. The smallest absolute Gasteiger partial charge is 0.312 e. The van der Waals surface area contributed by atoms with Gasteiger partial charge in [0.1, 0.15) is 11.6 Å². The molecule has 0 saturated carbocycles. The second-order valence-electron chi connectivity index (χ2n) is 6.68. The SMILES string of the molecule is C[C@H](OC(=O)[C@H]1CC(=O)N(Cc2ccco2)C1)C(=O)NCc1ccc(F)cc1. The molecule has 3 rings (SSSR count). The molecule has 1 saturated heterocycles. The van der Waals surface area contributed by atoms with Crippen LogP contribution in [0, 0.1) is 11.7 Å². The Morgan fingerprint density at radius 3 is 2.75 bits per heavy atom. The van der Waals surface area contributed by atoms with Gasteiger partial charge < -0.3 is 19.4 Å². The number of likely N-dealkylation sites (tertiary alicyclic amines) is 1. The zero-order valence-electron chi connectivity index (χ0n) is 15.4. The van der Waals surface area contributed by atoms with Gasteiger partial charge >= 0.3 is 5.97 Å². The third kappa shape index (κ3) is 4.97. The summed E-state index contributed by atoms with van der Waals surface area (Å²) >= 11 is 0. The Labute approximate surface area is 161 Å². The Balaban J connectivity index is 1.46. The average Bonchev–Trinajstić information content (AvgIpc) is 3.31. The molecule has 2 amide bonds. The quantitative estimate of drug-likeness (QED) is 0.733. The number of nitrogens with one attached hydrogen (secondary N) is 1. The van der Waals surface area contributed by atoms with Crippen molar-refractivity contribution in [3.63, 3.8) is 0 Å². The molecular weight excluding hydrogens is 367 g/mol. The molecular formula is C20H21FN2O5. The van der Waals surface area contributed by atoms with Gasteiger partial charge in [-0.1, -0.05) is 12.1 Å². The van der Waals surface area contributed by atoms with Gasteiger partial charge in [-0.25, -0.2) is 4.39 Å². The Morgan fingerprint density at radius 2 is 2.07 bits per heavy atom. The fourth-order valence-electron chi connectivity index (χ4n) is 2.93. The molecule has 0 aliphatic carbocycles. The van der Waals surface area contributed by atoms with E-state index in [0.717, 1.165) is 5.56 Å². The number of benzene rings is 1. The van der Waals surface area contributed by atoms with Gasteiger partial charge in [-0.2, -0.15) is 0 Å². The van der Waals surface area contributed by atoms with E-state index < -0.39 is 23.9 Å². The third-order valence-corrected chi connectivity index (χ3v) is 4.52. The Bertz CT molecular complexity index is 835. The highest BCUT2D eigenvalue weighted by Crippen LogP contribution is 2.22. The van der Waals surface area contributed by atoms with E-state index in [-0.39, 0.29) is 31.2 Å². The maximum atomic E-state index is 12.9. The number of nitrogens with zero attached hydrogens (tertiary/aromatic N) is 1. The minimum atomic E-state index is -0.998. The molecule has 1 aliphatic rings. The van der Waals surface area contributed by atoms with Crippen LogP contribution in [0.3, 0.4) is 0 Å². The molecule has 148 valence electrons. The standard InChI is InChI=1S/C20H21FN2O5/c1-13(19(25)22-10-14-4-6-16(21)7-5-14)28-20(26)15-9-18(24)23(11-15)12-17-3-2-8-27-17/h2-8,13,15H,9-12H2,1H3,(H,22,25)/t13-,15-/m0/s1. The van der Waals surface area contributed by atoms with Crippen LogP contribution < -0.4 is 5.32 Å². The van der Waals surface area contributed by atoms with Crippen molar-refractivity contribution in [2.75, 3.05) is 6.54 Å². The van der Waals surface area contributed by atoms with Crippen LogP contribution >= 0.6 is 0 Å². The maximum absolute atomic E-state index is 12.9. The Kier molecular flexibility index (Phi) is 6.08. The van der Waals surface area contributed by atoms with Crippen LogP contribution in [-0.4, -0.2) is 35.3 Å². The van der Waals surface area contributed by atoms with Gasteiger partial charge in [-0.15, -0.1) is 0 Å². The molecule has 1 fully saturated rings. The monoisotopic (exact) mass is 388 g/mol. The van der Waals surface area contributed by atoms with Crippen molar-refractivity contribution in [1.29, 1.82) is 0 Å². The highest BCUT2D eigenvalue weighted by molar-refractivity contribution is 5.88. The largest absolute Gasteiger partial charge is 0.467 e. The lowest BCUT2D eigenvalue weighted by Gasteiger charge is -2.17. The van der Waals surface area contributed by atoms with Crippen LogP contribution in [0.1, 0.15) is 24.7 Å². The van der Waals surface area contributed by atoms with Crippen LogP contribution in [0.4, 0.5) is 4.39 Å². The van der Waals surface area contributed by atoms with Crippen LogP contribution in [0.15, 0.2) is 47.1 Å². The molecule has 2 aromatic rings. The van der Waals surface area contributed by atoms with Crippen molar-refractivity contribution in [2.24, 2.45) is 5.92 Å². The van der Waals surface area contributed by atoms with Gasteiger partial charge in [0.15, 0.2) is 6.10 Å². The molecule has 0 radical (unpaired) electrons. The summed E-state index contributed by atoms with van der Waals surface area (Å²) in [5.74, 6) is -1.55. The predicted octanol–water partition coefficient (Wildman–Crippen LogP) is 2.02. The van der Waals surface area contributed by atoms with Crippen molar-refractivity contribution in [1.82, 2.24) is 10.2 Å². The lowest BCUT2D eigenvalue weighted by molar-refractivity contribution is -0.158. The lowest BCUT2D eigenvalue weighted by Crippen LogP contribution is -2.37. The summed E-state index contributed by atoms with van der Waals surface area (Å²) in [5, 5.41) is 2.63. The number of carbonyl (C=O) groups excluding carboxylic acids is 3. The number of esters is 1. The topological polar surface area (TPSA) is 88.9 Å². The van der Waals surface area contributed by atoms with Crippen molar-refractivity contribution < 1.29 is 27.9 Å². The average molecular weight is 388 g/mol. The van der Waals surface area contributed by atoms with Crippen molar-refractivity contribution in [2.45, 2.75) is 32.5 Å². The Hall–Kier alpha value is -3.16. The van der Waals surface area contributed by atoms with Crippen LogP contribution in [-0.2, 0) is 32.2 Å². The van der Waals surface area contributed by atoms with Crippen molar-refractivity contribution >= 4 is 17.8 Å². The van der Waals surface area contributed by atoms with E-state index in [0.29, 0.717) is 12.3 Å². The zero-order chi connectivity index (χ0) is 20.1. The summed E-state index contributed by atoms with van der Waals surface area (Å²) in [5.41, 5.74) is 0.725. The van der Waals surface area contributed by atoms with Crippen molar-refractivity contribution in [3.8, 4) is 0 Å². The van der Waals surface area contributed by atoms with Gasteiger partial charge in [-0.05, 0) is 36.8 Å². The molecule has 8 heteroatoms. The molecule has 0 spiro atoms. The first-order valence-electron chi connectivity index (χ1n) is 8.95. The van der Waals surface area contributed by atoms with Gasteiger partial charge in [0.25, 0.3) is 5.91 Å². The summed E-state index contributed by atoms with van der Waals surface area (Å²) in [6, 6.07) is 9.21. The molecule has 28 heavy (non-hydrogen) atoms. The van der Waals surface area contributed by atoms with E-state index >= 15 is 0 Å². The number of carbonyl (C=O) groups is 3. The normalized spacial score (nSPS) is 17.4. The fraction of sp³-hybridized carbons (Fsp3) is 0.350. The molecule has 7 nitrogen and oxygen atoms in total. The molecule has 2 atom stereocenters. The summed E-state index contributed by atoms with van der Waals surface area (Å²) in [6.45, 7) is 2.18. The van der Waals surface area contributed by atoms with Gasteiger partial charge in [0.2, 0.25) is 5.91 Å². The summed E-state index contributed by atoms with van der Waals surface area (Å²) in [6.07, 6.45) is 0.569. The minimum absolute atomic E-state index is 0.0451. The fourth-order valence-corrected chi connectivity index (χ4v) is 2.93. The number of hydrogen-bond donors (Lipinski definition) is 1. The number of rotatable bonds is 7. The highest BCUT2D eigenvalue weighted by Gasteiger charge is 2.36. The second-order valence-corrected chi connectivity index (χ2v) is 6.68. The van der Waals surface area contributed by atoms with Gasteiger partial charge in [0, 0.05) is 19.5 Å². The molecule has 0 bridgehead atoms. The van der Waals surface area contributed by atoms with E-state index in [1.54, 1.807) is 24.3 Å². The number of ether oxygens (including phenoxy) is 1.